The molecule has 0 aromatic rings. The molecular weight excluding hydrogens is 384 g/mol. The van der Waals surface area contributed by atoms with Gasteiger partial charge in [-0.05, 0) is 67.4 Å². The molecule has 174 valence electrons. The lowest BCUT2D eigenvalue weighted by Gasteiger charge is -2.49. The molecule has 0 saturated heterocycles. The molecule has 3 heteroatoms. The Morgan fingerprint density at radius 1 is 1.06 bits per heavy atom. The Balaban J connectivity index is 1.83. The van der Waals surface area contributed by atoms with E-state index in [-0.39, 0.29) is 11.3 Å². The Hall–Kier alpha value is -1.16. The van der Waals surface area contributed by atoms with Gasteiger partial charge in [0.2, 0.25) is 0 Å². The molecule has 0 aromatic carbocycles. The normalized spacial score (nSPS) is 41.3. The number of fused-ring (bicyclic) bond motifs is 1. The lowest BCUT2D eigenvalue weighted by Crippen LogP contribution is -2.50. The summed E-state index contributed by atoms with van der Waals surface area (Å²) in [5.41, 5.74) is 2.30. The molecule has 0 aliphatic heterocycles. The van der Waals surface area contributed by atoms with Crippen LogP contribution in [0.5, 0.6) is 0 Å². The largest absolute Gasteiger partial charge is 0.393 e. The number of hydrogen-bond donors (Lipinski definition) is 3. The molecule has 0 heterocycles. The minimum absolute atomic E-state index is 0.122. The van der Waals surface area contributed by atoms with Crippen molar-refractivity contribution in [2.24, 2.45) is 29.1 Å². The van der Waals surface area contributed by atoms with Crippen LogP contribution in [0.3, 0.4) is 0 Å². The van der Waals surface area contributed by atoms with E-state index >= 15 is 0 Å². The summed E-state index contributed by atoms with van der Waals surface area (Å²) in [6.07, 6.45) is 13.7. The van der Waals surface area contributed by atoms with E-state index in [0.717, 1.165) is 43.3 Å². The van der Waals surface area contributed by atoms with Crippen molar-refractivity contribution in [2.45, 2.75) is 97.4 Å². The third-order valence-electron chi connectivity index (χ3n) is 8.95. The second-order valence-corrected chi connectivity index (χ2v) is 11.1. The van der Waals surface area contributed by atoms with Crippen molar-refractivity contribution < 1.29 is 15.3 Å². The maximum atomic E-state index is 11.9. The number of aliphatic hydroxyl groups is 3. The van der Waals surface area contributed by atoms with Gasteiger partial charge >= 0.3 is 0 Å². The van der Waals surface area contributed by atoms with E-state index in [2.05, 4.69) is 65.5 Å². The molecule has 31 heavy (non-hydrogen) atoms. The molecule has 3 N–H and O–H groups in total. The highest BCUT2D eigenvalue weighted by atomic mass is 16.3. The third-order valence-corrected chi connectivity index (χ3v) is 8.95. The summed E-state index contributed by atoms with van der Waals surface area (Å²) < 4.78 is 0. The number of rotatable bonds is 5. The van der Waals surface area contributed by atoms with Crippen LogP contribution in [0.1, 0.15) is 79.6 Å². The zero-order valence-corrected chi connectivity index (χ0v) is 20.3. The van der Waals surface area contributed by atoms with E-state index < -0.39 is 17.8 Å². The minimum atomic E-state index is -0.682. The monoisotopic (exact) mass is 428 g/mol. The maximum absolute atomic E-state index is 11.9. The van der Waals surface area contributed by atoms with E-state index in [1.165, 1.54) is 5.57 Å². The van der Waals surface area contributed by atoms with Gasteiger partial charge in [0.05, 0.1) is 17.8 Å². The van der Waals surface area contributed by atoms with Gasteiger partial charge in [-0.1, -0.05) is 71.1 Å². The molecule has 0 aromatic heterocycles. The van der Waals surface area contributed by atoms with Gasteiger partial charge in [0.25, 0.3) is 0 Å². The zero-order valence-electron chi connectivity index (χ0n) is 20.3. The Bertz CT molecular complexity index is 760. The topological polar surface area (TPSA) is 60.7 Å². The van der Waals surface area contributed by atoms with E-state index in [0.29, 0.717) is 30.6 Å². The summed E-state index contributed by atoms with van der Waals surface area (Å²) >= 11 is 0. The van der Waals surface area contributed by atoms with Crippen molar-refractivity contribution in [3.8, 4) is 0 Å². The van der Waals surface area contributed by atoms with E-state index in [1.807, 2.05) is 0 Å². The van der Waals surface area contributed by atoms with Crippen molar-refractivity contribution >= 4 is 0 Å². The van der Waals surface area contributed by atoms with Crippen LogP contribution in [-0.4, -0.2) is 33.1 Å². The second-order valence-electron chi connectivity index (χ2n) is 11.1. The van der Waals surface area contributed by atoms with E-state index in [9.17, 15) is 15.3 Å². The lowest BCUT2D eigenvalue weighted by atomic mass is 9.59. The summed E-state index contributed by atoms with van der Waals surface area (Å²) in [5.74, 6) is 1.63. The first kappa shape index (κ1) is 24.5. The lowest BCUT2D eigenvalue weighted by molar-refractivity contribution is -0.100. The number of allylic oxidation sites excluding steroid dienone is 4. The maximum Gasteiger partial charge on any atom is 0.0811 e. The predicted molar refractivity (Wildman–Crippen MR) is 128 cm³/mol. The highest BCUT2D eigenvalue weighted by Crippen LogP contribution is 2.61. The Morgan fingerprint density at radius 3 is 2.45 bits per heavy atom. The third kappa shape index (κ3) is 4.65. The van der Waals surface area contributed by atoms with Crippen LogP contribution in [0.25, 0.3) is 0 Å². The van der Waals surface area contributed by atoms with Gasteiger partial charge in [0, 0.05) is 17.8 Å². The van der Waals surface area contributed by atoms with E-state index in [4.69, 9.17) is 0 Å². The standard InChI is InChI=1S/C28H44O3/c1-18(2)19(3)9-10-20(4)28(31)15-13-25-22(8-7-14-27(25,28)6)11-12-23-16-24(29)17-26(30)21(23)5/h9-12,18-20,24-26,29-31H,5,7-8,13-17H2,1-4,6H3/b10-9+,22-11+,23-12-/t19-,20+,24+,25-,26-,27-,28-/m0/s1. The average molecular weight is 429 g/mol. The van der Waals surface area contributed by atoms with E-state index in [1.54, 1.807) is 0 Å². The van der Waals surface area contributed by atoms with Crippen LogP contribution in [-0.2, 0) is 0 Å². The summed E-state index contributed by atoms with van der Waals surface area (Å²) in [4.78, 5) is 0. The summed E-state index contributed by atoms with van der Waals surface area (Å²) in [6, 6.07) is 0. The van der Waals surface area contributed by atoms with Crippen LogP contribution in [0.4, 0.5) is 0 Å². The van der Waals surface area contributed by atoms with Crippen molar-refractivity contribution in [1.29, 1.82) is 0 Å². The molecular formula is C28H44O3. The fourth-order valence-electron chi connectivity index (χ4n) is 6.23. The molecule has 0 amide bonds. The van der Waals surface area contributed by atoms with Crippen molar-refractivity contribution in [1.82, 2.24) is 0 Å². The molecule has 3 aliphatic carbocycles. The molecule has 3 aliphatic rings. The number of aliphatic hydroxyl groups excluding tert-OH is 2. The quantitative estimate of drug-likeness (QED) is 0.490. The highest BCUT2D eigenvalue weighted by molar-refractivity contribution is 5.39. The van der Waals surface area contributed by atoms with Gasteiger partial charge in [0.15, 0.2) is 0 Å². The Labute approximate surface area is 189 Å². The Morgan fingerprint density at radius 2 is 1.77 bits per heavy atom. The molecule has 0 bridgehead atoms. The van der Waals surface area contributed by atoms with Gasteiger partial charge in [-0.2, -0.15) is 0 Å². The van der Waals surface area contributed by atoms with Crippen LogP contribution >= 0.6 is 0 Å². The molecule has 7 atom stereocenters. The molecule has 3 saturated carbocycles. The first-order chi connectivity index (χ1) is 14.5. The average Bonchev–Trinajstić information content (AvgIpc) is 2.99. The first-order valence-electron chi connectivity index (χ1n) is 12.3. The molecule has 0 radical (unpaired) electrons. The first-order valence-corrected chi connectivity index (χ1v) is 12.3. The highest BCUT2D eigenvalue weighted by Gasteiger charge is 2.59. The molecule has 0 spiro atoms. The van der Waals surface area contributed by atoms with Crippen molar-refractivity contribution in [3.05, 3.63) is 47.6 Å². The zero-order chi connectivity index (χ0) is 23.0. The second kappa shape index (κ2) is 9.37. The summed E-state index contributed by atoms with van der Waals surface area (Å²) in [5, 5.41) is 32.1. The molecule has 3 rings (SSSR count). The van der Waals surface area contributed by atoms with Gasteiger partial charge in [-0.3, -0.25) is 0 Å². The van der Waals surface area contributed by atoms with Crippen LogP contribution in [0.2, 0.25) is 0 Å². The fraction of sp³-hybridized carbons (Fsp3) is 0.714. The molecule has 0 unspecified atom stereocenters. The van der Waals surface area contributed by atoms with Crippen molar-refractivity contribution in [2.75, 3.05) is 0 Å². The summed E-state index contributed by atoms with van der Waals surface area (Å²) in [6.45, 7) is 15.3. The minimum Gasteiger partial charge on any atom is -0.393 e. The van der Waals surface area contributed by atoms with Crippen LogP contribution in [0, 0.1) is 29.1 Å². The fourth-order valence-corrected chi connectivity index (χ4v) is 6.23. The van der Waals surface area contributed by atoms with Crippen LogP contribution in [0.15, 0.2) is 47.6 Å². The van der Waals surface area contributed by atoms with Crippen molar-refractivity contribution in [3.63, 3.8) is 0 Å². The van der Waals surface area contributed by atoms with Gasteiger partial charge in [-0.25, -0.2) is 0 Å². The SMILES string of the molecule is C=C1/C(=C\C=C2/CCC[C@@]3(C)[C@H]2CC[C@]3(O)[C@H](C)/C=C/[C@H](C)C(C)C)C[C@@H](O)C[C@@H]1O. The number of hydrogen-bond acceptors (Lipinski definition) is 3. The van der Waals surface area contributed by atoms with Gasteiger partial charge in [-0.15, -0.1) is 0 Å². The molecule has 3 nitrogen and oxygen atoms in total. The molecule has 3 fully saturated rings. The smallest absolute Gasteiger partial charge is 0.0811 e. The summed E-state index contributed by atoms with van der Waals surface area (Å²) in [7, 11) is 0. The van der Waals surface area contributed by atoms with Gasteiger partial charge < -0.3 is 15.3 Å². The van der Waals surface area contributed by atoms with Gasteiger partial charge in [0.1, 0.15) is 0 Å². The Kier molecular flexibility index (Phi) is 7.40. The van der Waals surface area contributed by atoms with Crippen LogP contribution < -0.4 is 0 Å². The predicted octanol–water partition coefficient (Wildman–Crippen LogP) is 5.73.